The molecule has 20 heavy (non-hydrogen) atoms. The maximum absolute atomic E-state index is 9.89. The summed E-state index contributed by atoms with van der Waals surface area (Å²) in [6, 6.07) is 6.08. The maximum atomic E-state index is 9.89. The van der Waals surface area contributed by atoms with Gasteiger partial charge in [-0.25, -0.2) is 4.98 Å². The molecule has 108 valence electrons. The first-order valence-corrected chi connectivity index (χ1v) is 7.62. The molecule has 4 heteroatoms. The van der Waals surface area contributed by atoms with Crippen LogP contribution in [0, 0.1) is 13.8 Å². The second-order valence-electron chi connectivity index (χ2n) is 5.48. The fourth-order valence-corrected chi connectivity index (χ4v) is 2.78. The summed E-state index contributed by atoms with van der Waals surface area (Å²) in [6.45, 7) is 8.25. The number of rotatable bonds is 5. The first kappa shape index (κ1) is 15.0. The predicted octanol–water partition coefficient (Wildman–Crippen LogP) is 3.61. The molecule has 0 saturated heterocycles. The zero-order chi connectivity index (χ0) is 14.8. The van der Waals surface area contributed by atoms with Gasteiger partial charge in [0.2, 0.25) is 0 Å². The Labute approximate surface area is 124 Å². The number of ether oxygens (including phenoxy) is 1. The van der Waals surface area contributed by atoms with E-state index in [1.807, 2.05) is 17.5 Å². The molecule has 0 aliphatic heterocycles. The molecule has 0 radical (unpaired) electrons. The van der Waals surface area contributed by atoms with Gasteiger partial charge in [-0.05, 0) is 44.9 Å². The van der Waals surface area contributed by atoms with Crippen LogP contribution in [0.4, 0.5) is 0 Å². The number of benzene rings is 1. The van der Waals surface area contributed by atoms with E-state index in [0.29, 0.717) is 6.61 Å². The minimum Gasteiger partial charge on any atom is -0.493 e. The Hall–Kier alpha value is -1.39. The summed E-state index contributed by atoms with van der Waals surface area (Å²) in [5, 5.41) is 12.8. The molecule has 1 aromatic heterocycles. The number of thiazole rings is 1. The zero-order valence-electron chi connectivity index (χ0n) is 12.4. The second-order valence-corrected chi connectivity index (χ2v) is 6.42. The molecule has 2 aromatic rings. The third-order valence-electron chi connectivity index (χ3n) is 3.31. The van der Waals surface area contributed by atoms with Crippen LogP contribution in [-0.4, -0.2) is 16.7 Å². The first-order valence-electron chi connectivity index (χ1n) is 6.74. The summed E-state index contributed by atoms with van der Waals surface area (Å²) >= 11 is 1.57. The van der Waals surface area contributed by atoms with Crippen molar-refractivity contribution in [3.8, 4) is 5.75 Å². The molecule has 0 bridgehead atoms. The summed E-state index contributed by atoms with van der Waals surface area (Å²) < 4.78 is 5.82. The van der Waals surface area contributed by atoms with E-state index in [1.165, 1.54) is 11.1 Å². The average molecular weight is 291 g/mol. The van der Waals surface area contributed by atoms with Crippen molar-refractivity contribution in [3.05, 3.63) is 45.4 Å². The topological polar surface area (TPSA) is 42.4 Å². The molecule has 1 aromatic carbocycles. The quantitative estimate of drug-likeness (QED) is 0.915. The highest BCUT2D eigenvalue weighted by atomic mass is 32.1. The maximum Gasteiger partial charge on any atom is 0.122 e. The van der Waals surface area contributed by atoms with Crippen LogP contribution >= 0.6 is 11.3 Å². The van der Waals surface area contributed by atoms with Crippen LogP contribution in [0.25, 0.3) is 0 Å². The number of nitrogens with zero attached hydrogens (tertiary/aromatic N) is 1. The Bertz CT molecular complexity index is 584. The molecule has 0 saturated carbocycles. The molecule has 0 fully saturated rings. The summed E-state index contributed by atoms with van der Waals surface area (Å²) in [4.78, 5) is 4.44. The molecule has 0 amide bonds. The Morgan fingerprint density at radius 2 is 2.05 bits per heavy atom. The van der Waals surface area contributed by atoms with Gasteiger partial charge in [0.1, 0.15) is 11.4 Å². The van der Waals surface area contributed by atoms with E-state index >= 15 is 0 Å². The molecule has 0 aliphatic rings. The Morgan fingerprint density at radius 3 is 2.70 bits per heavy atom. The van der Waals surface area contributed by atoms with E-state index in [0.717, 1.165) is 22.9 Å². The molecule has 1 heterocycles. The summed E-state index contributed by atoms with van der Waals surface area (Å²) in [5.41, 5.74) is 2.28. The van der Waals surface area contributed by atoms with Gasteiger partial charge in [-0.15, -0.1) is 11.3 Å². The van der Waals surface area contributed by atoms with Crippen molar-refractivity contribution >= 4 is 11.3 Å². The normalized spacial score (nSPS) is 11.7. The molecule has 0 spiro atoms. The molecular formula is C16H21NO2S. The van der Waals surface area contributed by atoms with Crippen molar-refractivity contribution in [1.29, 1.82) is 0 Å². The minimum absolute atomic E-state index is 0.600. The lowest BCUT2D eigenvalue weighted by atomic mass is 10.1. The smallest absolute Gasteiger partial charge is 0.122 e. The Balaban J connectivity index is 1.93. The van der Waals surface area contributed by atoms with Crippen LogP contribution in [0.1, 0.15) is 35.7 Å². The van der Waals surface area contributed by atoms with Crippen LogP contribution in [0.15, 0.2) is 23.6 Å². The summed E-state index contributed by atoms with van der Waals surface area (Å²) in [7, 11) is 0. The number of aliphatic hydroxyl groups is 1. The van der Waals surface area contributed by atoms with Crippen LogP contribution < -0.4 is 4.74 Å². The Morgan fingerprint density at radius 1 is 1.30 bits per heavy atom. The Kier molecular flexibility index (Phi) is 4.45. The van der Waals surface area contributed by atoms with Gasteiger partial charge in [0.25, 0.3) is 0 Å². The highest BCUT2D eigenvalue weighted by Crippen LogP contribution is 2.23. The van der Waals surface area contributed by atoms with E-state index in [2.05, 4.69) is 24.9 Å². The van der Waals surface area contributed by atoms with Crippen molar-refractivity contribution in [3.63, 3.8) is 0 Å². The molecule has 0 aliphatic carbocycles. The van der Waals surface area contributed by atoms with Gasteiger partial charge in [0, 0.05) is 11.8 Å². The van der Waals surface area contributed by atoms with Crippen molar-refractivity contribution in [1.82, 2.24) is 4.98 Å². The monoisotopic (exact) mass is 291 g/mol. The van der Waals surface area contributed by atoms with Crippen LogP contribution in [-0.2, 0) is 12.0 Å². The van der Waals surface area contributed by atoms with E-state index in [1.54, 1.807) is 25.2 Å². The van der Waals surface area contributed by atoms with Gasteiger partial charge in [0.15, 0.2) is 0 Å². The van der Waals surface area contributed by atoms with Crippen molar-refractivity contribution in [2.75, 3.05) is 6.61 Å². The van der Waals surface area contributed by atoms with E-state index in [-0.39, 0.29) is 0 Å². The fraction of sp³-hybridized carbons (Fsp3) is 0.438. The molecule has 0 atom stereocenters. The van der Waals surface area contributed by atoms with Crippen LogP contribution in [0.5, 0.6) is 5.75 Å². The third kappa shape index (κ3) is 3.58. The molecular weight excluding hydrogens is 270 g/mol. The lowest BCUT2D eigenvalue weighted by Gasteiger charge is -2.13. The van der Waals surface area contributed by atoms with Gasteiger partial charge in [0.05, 0.1) is 17.3 Å². The minimum atomic E-state index is -0.872. The number of aromatic nitrogens is 1. The predicted molar refractivity (Wildman–Crippen MR) is 82.5 cm³/mol. The zero-order valence-corrected chi connectivity index (χ0v) is 13.3. The van der Waals surface area contributed by atoms with Gasteiger partial charge >= 0.3 is 0 Å². The van der Waals surface area contributed by atoms with Crippen molar-refractivity contribution in [2.45, 2.75) is 39.7 Å². The highest BCUT2D eigenvalue weighted by Gasteiger charge is 2.19. The standard InChI is InChI=1S/C16H21NO2S/c1-11-6-5-7-13(12(11)2)19-9-8-15-17-14(10-20-15)16(3,4)18/h5-7,10,18H,8-9H2,1-4H3. The van der Waals surface area contributed by atoms with Crippen molar-refractivity contribution in [2.24, 2.45) is 0 Å². The van der Waals surface area contributed by atoms with E-state index in [4.69, 9.17) is 4.74 Å². The molecule has 2 rings (SSSR count). The van der Waals surface area contributed by atoms with Crippen molar-refractivity contribution < 1.29 is 9.84 Å². The van der Waals surface area contributed by atoms with Gasteiger partial charge in [-0.3, -0.25) is 0 Å². The second kappa shape index (κ2) is 5.94. The third-order valence-corrected chi connectivity index (χ3v) is 4.22. The molecule has 3 nitrogen and oxygen atoms in total. The lowest BCUT2D eigenvalue weighted by molar-refractivity contribution is 0.0743. The van der Waals surface area contributed by atoms with Crippen LogP contribution in [0.3, 0.4) is 0 Å². The van der Waals surface area contributed by atoms with Gasteiger partial charge in [-0.2, -0.15) is 0 Å². The van der Waals surface area contributed by atoms with E-state index < -0.39 is 5.60 Å². The fourth-order valence-electron chi connectivity index (χ4n) is 1.84. The molecule has 1 N–H and O–H groups in total. The number of aryl methyl sites for hydroxylation is 1. The lowest BCUT2D eigenvalue weighted by Crippen LogP contribution is -2.16. The molecule has 0 unspecified atom stereocenters. The van der Waals surface area contributed by atoms with E-state index in [9.17, 15) is 5.11 Å². The average Bonchev–Trinajstić information content (AvgIpc) is 2.83. The summed E-state index contributed by atoms with van der Waals surface area (Å²) in [5.74, 6) is 0.935. The number of hydrogen-bond acceptors (Lipinski definition) is 4. The SMILES string of the molecule is Cc1cccc(OCCc2nc(C(C)(C)O)cs2)c1C. The summed E-state index contributed by atoms with van der Waals surface area (Å²) in [6.07, 6.45) is 0.758. The van der Waals surface area contributed by atoms with Gasteiger partial charge in [-0.1, -0.05) is 12.1 Å². The first-order chi connectivity index (χ1) is 9.38. The van der Waals surface area contributed by atoms with Crippen LogP contribution in [0.2, 0.25) is 0 Å². The largest absolute Gasteiger partial charge is 0.493 e. The number of hydrogen-bond donors (Lipinski definition) is 1. The van der Waals surface area contributed by atoms with Gasteiger partial charge < -0.3 is 9.84 Å². The highest BCUT2D eigenvalue weighted by molar-refractivity contribution is 7.09.